The van der Waals surface area contributed by atoms with Crippen molar-refractivity contribution in [2.75, 3.05) is 5.75 Å². The molecule has 2 N–H and O–H groups in total. The fraction of sp³-hybridized carbons (Fsp3) is 0.545. The summed E-state index contributed by atoms with van der Waals surface area (Å²) in [6.07, 6.45) is 4.65. The Morgan fingerprint density at radius 1 is 1.23 bits per heavy atom. The highest BCUT2D eigenvalue weighted by atomic mass is 35.5. The summed E-state index contributed by atoms with van der Waals surface area (Å²) >= 11 is 7.26. The third-order valence-corrected chi connectivity index (χ3v) is 6.91. The quantitative estimate of drug-likeness (QED) is 0.572. The highest BCUT2D eigenvalue weighted by molar-refractivity contribution is 7.99. The average Bonchev–Trinajstić information content (AvgIpc) is 3.17. The molecule has 3 rings (SSSR count). The summed E-state index contributed by atoms with van der Waals surface area (Å²) in [5, 5.41) is 15.9. The van der Waals surface area contributed by atoms with Gasteiger partial charge in [0.25, 0.3) is 5.91 Å². The molecule has 9 heteroatoms. The first kappa shape index (κ1) is 23.6. The van der Waals surface area contributed by atoms with E-state index in [1.807, 2.05) is 18.4 Å². The molecule has 31 heavy (non-hydrogen) atoms. The van der Waals surface area contributed by atoms with Gasteiger partial charge in [-0.05, 0) is 56.9 Å². The molecule has 168 valence electrons. The molecule has 1 heterocycles. The molecule has 0 radical (unpaired) electrons. The predicted molar refractivity (Wildman–Crippen MR) is 123 cm³/mol. The van der Waals surface area contributed by atoms with Crippen LogP contribution in [0.1, 0.15) is 68.7 Å². The monoisotopic (exact) mass is 463 g/mol. The molecule has 2 aromatic rings. The molecule has 1 aromatic carbocycles. The van der Waals surface area contributed by atoms with Crippen molar-refractivity contribution in [1.29, 1.82) is 0 Å². The van der Waals surface area contributed by atoms with Crippen LogP contribution in [0.5, 0.6) is 0 Å². The normalized spacial score (nSPS) is 19.6. The third kappa shape index (κ3) is 6.23. The molecule has 0 unspecified atom stereocenters. The van der Waals surface area contributed by atoms with Crippen LogP contribution in [0.15, 0.2) is 29.4 Å². The number of halogens is 1. The van der Waals surface area contributed by atoms with E-state index in [9.17, 15) is 9.59 Å². The number of hydrogen-bond donors (Lipinski definition) is 2. The first-order valence-corrected chi connectivity index (χ1v) is 12.2. The van der Waals surface area contributed by atoms with Crippen molar-refractivity contribution in [2.45, 2.75) is 70.2 Å². The summed E-state index contributed by atoms with van der Waals surface area (Å²) in [4.78, 5) is 24.9. The van der Waals surface area contributed by atoms with Gasteiger partial charge in [0.2, 0.25) is 5.91 Å². The lowest BCUT2D eigenvalue weighted by Gasteiger charge is -2.29. The first-order valence-electron chi connectivity index (χ1n) is 10.8. The summed E-state index contributed by atoms with van der Waals surface area (Å²) in [6.45, 7) is 6.72. The second kappa shape index (κ2) is 11.0. The highest BCUT2D eigenvalue weighted by Crippen LogP contribution is 2.25. The molecule has 7 nitrogen and oxygen atoms in total. The van der Waals surface area contributed by atoms with Crippen molar-refractivity contribution >= 4 is 35.2 Å². The van der Waals surface area contributed by atoms with Crippen LogP contribution in [0.25, 0.3) is 0 Å². The number of carbonyl (C=O) groups is 2. The largest absolute Gasteiger partial charge is 0.352 e. The maximum Gasteiger partial charge on any atom is 0.251 e. The summed E-state index contributed by atoms with van der Waals surface area (Å²) in [5.41, 5.74) is 0.530. The van der Waals surface area contributed by atoms with E-state index in [0.29, 0.717) is 39.8 Å². The fourth-order valence-electron chi connectivity index (χ4n) is 3.88. The molecule has 1 saturated carbocycles. The zero-order chi connectivity index (χ0) is 22.4. The highest BCUT2D eigenvalue weighted by Gasteiger charge is 2.24. The molecule has 1 aromatic heterocycles. The SMILES string of the molecule is CCn1c(SCC(=O)N[C@@H]2CCCC[C@@H]2C)nnc1[C@@H](C)NC(=O)c1ccc(Cl)cc1. The Labute approximate surface area is 192 Å². The molecule has 0 saturated heterocycles. The number of benzene rings is 1. The number of hydrogen-bond acceptors (Lipinski definition) is 5. The van der Waals surface area contributed by atoms with Crippen molar-refractivity contribution in [3.8, 4) is 0 Å². The Hall–Kier alpha value is -2.06. The fourth-order valence-corrected chi connectivity index (χ4v) is 4.83. The van der Waals surface area contributed by atoms with Crippen molar-refractivity contribution in [3.63, 3.8) is 0 Å². The Kier molecular flexibility index (Phi) is 8.37. The Morgan fingerprint density at radius 2 is 1.94 bits per heavy atom. The Bertz CT molecular complexity index is 902. The van der Waals surface area contributed by atoms with Crippen LogP contribution in [0, 0.1) is 5.92 Å². The average molecular weight is 464 g/mol. The number of aromatic nitrogens is 3. The van der Waals surface area contributed by atoms with Gasteiger partial charge in [-0.25, -0.2) is 0 Å². The molecule has 1 fully saturated rings. The molecule has 2 amide bonds. The second-order valence-corrected chi connectivity index (χ2v) is 9.39. The Morgan fingerprint density at radius 3 is 2.61 bits per heavy atom. The van der Waals surface area contributed by atoms with Crippen LogP contribution in [0.4, 0.5) is 0 Å². The standard InChI is InChI=1S/C22H30ClN5O2S/c1-4-28-20(15(3)24-21(30)16-9-11-17(23)12-10-16)26-27-22(28)31-13-19(29)25-18-8-6-5-7-14(18)2/h9-12,14-15,18H,4-8,13H2,1-3H3,(H,24,30)(H,25,29)/t14-,15+,18+/m0/s1. The van der Waals surface area contributed by atoms with Crippen LogP contribution >= 0.6 is 23.4 Å². The minimum absolute atomic E-state index is 0.0278. The lowest BCUT2D eigenvalue weighted by atomic mass is 9.86. The molecule has 0 aliphatic heterocycles. The topological polar surface area (TPSA) is 88.9 Å². The van der Waals surface area contributed by atoms with Crippen LogP contribution in [0.3, 0.4) is 0 Å². The number of amides is 2. The lowest BCUT2D eigenvalue weighted by Crippen LogP contribution is -2.41. The third-order valence-electron chi connectivity index (χ3n) is 5.69. The minimum Gasteiger partial charge on any atom is -0.352 e. The van der Waals surface area contributed by atoms with E-state index < -0.39 is 0 Å². The molecule has 0 bridgehead atoms. The number of rotatable bonds is 8. The van der Waals surface area contributed by atoms with Crippen LogP contribution in [0.2, 0.25) is 5.02 Å². The van der Waals surface area contributed by atoms with Crippen LogP contribution in [-0.4, -0.2) is 38.4 Å². The van der Waals surface area contributed by atoms with E-state index in [-0.39, 0.29) is 23.9 Å². The maximum atomic E-state index is 12.5. The van der Waals surface area contributed by atoms with Gasteiger partial charge in [0, 0.05) is 23.2 Å². The van der Waals surface area contributed by atoms with Gasteiger partial charge in [-0.15, -0.1) is 10.2 Å². The van der Waals surface area contributed by atoms with E-state index >= 15 is 0 Å². The van der Waals surface area contributed by atoms with Gasteiger partial charge in [0.15, 0.2) is 11.0 Å². The summed E-state index contributed by atoms with van der Waals surface area (Å²) in [6, 6.07) is 6.67. The maximum absolute atomic E-state index is 12.5. The van der Waals surface area contributed by atoms with Gasteiger partial charge in [-0.1, -0.05) is 43.1 Å². The second-order valence-electron chi connectivity index (χ2n) is 8.01. The minimum atomic E-state index is -0.332. The Balaban J connectivity index is 1.58. The smallest absolute Gasteiger partial charge is 0.251 e. The van der Waals surface area contributed by atoms with E-state index in [2.05, 4.69) is 27.8 Å². The van der Waals surface area contributed by atoms with Crippen molar-refractivity contribution in [2.24, 2.45) is 5.92 Å². The lowest BCUT2D eigenvalue weighted by molar-refractivity contribution is -0.119. The van der Waals surface area contributed by atoms with Gasteiger partial charge in [0.05, 0.1) is 11.8 Å². The summed E-state index contributed by atoms with van der Waals surface area (Å²) in [7, 11) is 0. The van der Waals surface area contributed by atoms with Crippen LogP contribution in [-0.2, 0) is 11.3 Å². The molecule has 1 aliphatic rings. The van der Waals surface area contributed by atoms with E-state index in [0.717, 1.165) is 6.42 Å². The van der Waals surface area contributed by atoms with Crippen LogP contribution < -0.4 is 10.6 Å². The van der Waals surface area contributed by atoms with E-state index in [1.54, 1.807) is 24.3 Å². The van der Waals surface area contributed by atoms with Gasteiger partial charge >= 0.3 is 0 Å². The number of thioether (sulfide) groups is 1. The molecular weight excluding hydrogens is 434 g/mol. The number of nitrogens with one attached hydrogen (secondary N) is 2. The summed E-state index contributed by atoms with van der Waals surface area (Å²) in [5.74, 6) is 1.31. The zero-order valence-electron chi connectivity index (χ0n) is 18.2. The zero-order valence-corrected chi connectivity index (χ0v) is 19.8. The first-order chi connectivity index (χ1) is 14.9. The van der Waals surface area contributed by atoms with Gasteiger partial charge in [-0.3, -0.25) is 9.59 Å². The van der Waals surface area contributed by atoms with E-state index in [1.165, 1.54) is 31.0 Å². The molecular formula is C22H30ClN5O2S. The van der Waals surface area contributed by atoms with Crippen molar-refractivity contribution < 1.29 is 9.59 Å². The number of nitrogens with zero attached hydrogens (tertiary/aromatic N) is 3. The number of carbonyl (C=O) groups excluding carboxylic acids is 2. The van der Waals surface area contributed by atoms with Gasteiger partial charge in [-0.2, -0.15) is 0 Å². The van der Waals surface area contributed by atoms with Crippen molar-refractivity contribution in [1.82, 2.24) is 25.4 Å². The van der Waals surface area contributed by atoms with Gasteiger partial charge < -0.3 is 15.2 Å². The van der Waals surface area contributed by atoms with E-state index in [4.69, 9.17) is 11.6 Å². The molecule has 3 atom stereocenters. The molecule has 1 aliphatic carbocycles. The van der Waals surface area contributed by atoms with Crippen molar-refractivity contribution in [3.05, 3.63) is 40.7 Å². The summed E-state index contributed by atoms with van der Waals surface area (Å²) < 4.78 is 1.94. The van der Waals surface area contributed by atoms with Gasteiger partial charge in [0.1, 0.15) is 0 Å². The predicted octanol–water partition coefficient (Wildman–Crippen LogP) is 4.23. The molecule has 0 spiro atoms.